The number of imide groups is 1. The molecule has 17 heteroatoms. The third-order valence-corrected chi connectivity index (χ3v) is 7.42. The molecule has 3 aromatic carbocycles. The van der Waals surface area contributed by atoms with E-state index in [1.54, 1.807) is 13.8 Å². The summed E-state index contributed by atoms with van der Waals surface area (Å²) in [6.45, 7) is 3.38. The first kappa shape index (κ1) is 34.8. The molecule has 1 aromatic heterocycles. The number of ether oxygens (including phenoxy) is 1. The lowest BCUT2D eigenvalue weighted by Crippen LogP contribution is -2.47. The van der Waals surface area contributed by atoms with Crippen LogP contribution in [0.1, 0.15) is 25.1 Å². The van der Waals surface area contributed by atoms with Gasteiger partial charge in [0.05, 0.1) is 17.1 Å². The zero-order valence-electron chi connectivity index (χ0n) is 25.1. The van der Waals surface area contributed by atoms with E-state index in [0.717, 1.165) is 42.6 Å². The predicted molar refractivity (Wildman–Crippen MR) is 158 cm³/mol. The van der Waals surface area contributed by atoms with E-state index >= 15 is 0 Å². The van der Waals surface area contributed by atoms with Crippen molar-refractivity contribution in [2.45, 2.75) is 38.0 Å². The third kappa shape index (κ3) is 7.19. The average molecular weight is 699 g/mol. The molecule has 0 spiro atoms. The summed E-state index contributed by atoms with van der Waals surface area (Å²) in [5.41, 5.74) is -2.03. The topological polar surface area (TPSA) is 95.0 Å². The van der Waals surface area contributed by atoms with Crippen LogP contribution in [0, 0.1) is 0 Å². The second-order valence-corrected chi connectivity index (χ2v) is 11.4. The minimum Gasteiger partial charge on any atom is -0.506 e. The summed E-state index contributed by atoms with van der Waals surface area (Å²) in [6, 6.07) is 11.4. The molecule has 0 atom stereocenters. The maximum Gasteiger partial charge on any atom is 0.573 e. The van der Waals surface area contributed by atoms with E-state index in [1.807, 2.05) is 0 Å². The van der Waals surface area contributed by atoms with Gasteiger partial charge in [-0.2, -0.15) is 26.3 Å². The fraction of sp³-hybridized carbons (Fsp3) is 0.219. The summed E-state index contributed by atoms with van der Waals surface area (Å²) in [7, 11) is 0. The number of aromatic nitrogens is 1. The maximum atomic E-state index is 13.9. The Morgan fingerprint density at radius 1 is 0.898 bits per heavy atom. The number of carbonyl (C=O) groups is 2. The number of pyridine rings is 1. The van der Waals surface area contributed by atoms with Crippen molar-refractivity contribution in [1.82, 2.24) is 4.98 Å². The maximum absolute atomic E-state index is 13.9. The molecule has 0 bridgehead atoms. The first-order chi connectivity index (χ1) is 22.7. The molecule has 5 rings (SSSR count). The number of hydrogen-bond donors (Lipinski definition) is 2. The molecular weight excluding hydrogens is 675 g/mol. The number of halogens is 9. The van der Waals surface area contributed by atoms with Gasteiger partial charge in [-0.1, -0.05) is 38.1 Å². The number of nitrogens with zero attached hydrogens (tertiary/aromatic N) is 3. The molecule has 0 saturated carbocycles. The van der Waals surface area contributed by atoms with Crippen LogP contribution in [0.15, 0.2) is 79.0 Å². The lowest BCUT2D eigenvalue weighted by molar-refractivity contribution is -0.274. The highest BCUT2D eigenvalue weighted by atomic mass is 19.4. The van der Waals surface area contributed by atoms with Crippen molar-refractivity contribution < 1.29 is 58.9 Å². The van der Waals surface area contributed by atoms with Crippen LogP contribution in [0.3, 0.4) is 0 Å². The zero-order valence-corrected chi connectivity index (χ0v) is 25.1. The molecular formula is C32H23F9N4O4. The molecule has 0 fully saturated rings. The Labute approximate surface area is 271 Å². The number of carbonyl (C=O) groups excluding carboxylic acids is 2. The van der Waals surface area contributed by atoms with Crippen molar-refractivity contribution in [3.8, 4) is 22.6 Å². The van der Waals surface area contributed by atoms with E-state index in [0.29, 0.717) is 11.1 Å². The van der Waals surface area contributed by atoms with Crippen molar-refractivity contribution in [2.24, 2.45) is 0 Å². The largest absolute Gasteiger partial charge is 0.573 e. The predicted octanol–water partition coefficient (Wildman–Crippen LogP) is 8.93. The number of fused-ring (bicyclic) bond motifs is 1. The highest BCUT2D eigenvalue weighted by Gasteiger charge is 2.48. The van der Waals surface area contributed by atoms with E-state index in [-0.39, 0.29) is 39.8 Å². The van der Waals surface area contributed by atoms with Crippen LogP contribution in [0.25, 0.3) is 11.1 Å². The standard InChI is InChI=1S/C32H23F9N4O4/c1-29(2)16-44(26-23(46)13-12-20(25(26)29)17-7-14-24(42-15-17)30(33,34)35)21-5-3-4-6-22(21)45(27(47)31(36,37)38)28(48)43-18-8-10-19(11-9-18)49-32(39,40)41/h3-15,46H,16H2,1-2H3,(H,43,48). The van der Waals surface area contributed by atoms with Gasteiger partial charge in [0.25, 0.3) is 0 Å². The number of hydrogen-bond acceptors (Lipinski definition) is 6. The van der Waals surface area contributed by atoms with Gasteiger partial charge in [0, 0.05) is 29.4 Å². The molecule has 3 amide bonds. The molecule has 4 aromatic rings. The Hall–Kier alpha value is -5.48. The quantitative estimate of drug-likeness (QED) is 0.202. The summed E-state index contributed by atoms with van der Waals surface area (Å²) in [6.07, 6.45) is -14.3. The van der Waals surface area contributed by atoms with Crippen molar-refractivity contribution in [3.05, 3.63) is 90.3 Å². The van der Waals surface area contributed by atoms with Crippen LogP contribution in [0.5, 0.6) is 11.5 Å². The van der Waals surface area contributed by atoms with Gasteiger partial charge >= 0.3 is 30.7 Å². The summed E-state index contributed by atoms with van der Waals surface area (Å²) >= 11 is 0. The smallest absolute Gasteiger partial charge is 0.506 e. The fourth-order valence-corrected chi connectivity index (χ4v) is 5.50. The Balaban J connectivity index is 1.59. The van der Waals surface area contributed by atoms with Crippen LogP contribution in [0.2, 0.25) is 0 Å². The number of benzene rings is 3. The third-order valence-electron chi connectivity index (χ3n) is 7.42. The average Bonchev–Trinajstić information content (AvgIpc) is 3.29. The van der Waals surface area contributed by atoms with Gasteiger partial charge in [0.2, 0.25) is 0 Å². The van der Waals surface area contributed by atoms with Gasteiger partial charge in [-0.15, -0.1) is 13.2 Å². The first-order valence-electron chi connectivity index (χ1n) is 14.0. The van der Waals surface area contributed by atoms with Crippen LogP contribution in [-0.2, 0) is 16.4 Å². The van der Waals surface area contributed by atoms with Crippen LogP contribution < -0.4 is 19.9 Å². The second-order valence-electron chi connectivity index (χ2n) is 11.4. The number of nitrogens with one attached hydrogen (secondary N) is 1. The monoisotopic (exact) mass is 698 g/mol. The summed E-state index contributed by atoms with van der Waals surface area (Å²) in [5, 5.41) is 13.1. The lowest BCUT2D eigenvalue weighted by Gasteiger charge is -2.30. The van der Waals surface area contributed by atoms with E-state index in [1.165, 1.54) is 41.3 Å². The number of para-hydroxylation sites is 2. The van der Waals surface area contributed by atoms with E-state index in [9.17, 15) is 54.2 Å². The first-order valence-corrected chi connectivity index (χ1v) is 14.0. The Bertz CT molecular complexity index is 1890. The summed E-state index contributed by atoms with van der Waals surface area (Å²) in [4.78, 5) is 30.9. The number of aromatic hydroxyl groups is 1. The molecule has 2 heterocycles. The number of anilines is 4. The number of urea groups is 1. The van der Waals surface area contributed by atoms with E-state index in [4.69, 9.17) is 0 Å². The van der Waals surface area contributed by atoms with Crippen LogP contribution >= 0.6 is 0 Å². The van der Waals surface area contributed by atoms with Gasteiger partial charge < -0.3 is 20.1 Å². The van der Waals surface area contributed by atoms with Gasteiger partial charge in [0.15, 0.2) is 0 Å². The highest BCUT2D eigenvalue weighted by molar-refractivity contribution is 6.21. The molecule has 1 aliphatic heterocycles. The molecule has 258 valence electrons. The summed E-state index contributed by atoms with van der Waals surface area (Å²) < 4.78 is 123. The number of phenolic OH excluding ortho intramolecular Hbond substituents is 1. The van der Waals surface area contributed by atoms with Crippen molar-refractivity contribution in [3.63, 3.8) is 0 Å². The van der Waals surface area contributed by atoms with E-state index < -0.39 is 53.2 Å². The van der Waals surface area contributed by atoms with Crippen molar-refractivity contribution in [1.29, 1.82) is 0 Å². The van der Waals surface area contributed by atoms with Gasteiger partial charge in [-0.05, 0) is 59.7 Å². The SMILES string of the molecule is CC1(C)CN(c2ccccc2N(C(=O)Nc2ccc(OC(F)(F)F)cc2)C(=O)C(F)(F)F)c2c(O)ccc(-c3ccc(C(F)(F)F)nc3)c21. The Morgan fingerprint density at radius 3 is 2.12 bits per heavy atom. The normalized spacial score (nSPS) is 14.3. The summed E-state index contributed by atoms with van der Waals surface area (Å²) in [5.74, 6) is -3.65. The molecule has 2 N–H and O–H groups in total. The molecule has 8 nitrogen and oxygen atoms in total. The van der Waals surface area contributed by atoms with Crippen molar-refractivity contribution in [2.75, 3.05) is 21.7 Å². The number of rotatable bonds is 5. The number of phenols is 1. The minimum atomic E-state index is -5.58. The van der Waals surface area contributed by atoms with E-state index in [2.05, 4.69) is 15.0 Å². The van der Waals surface area contributed by atoms with Gasteiger partial charge in [0.1, 0.15) is 17.2 Å². The number of amides is 3. The number of alkyl halides is 9. The van der Waals surface area contributed by atoms with Crippen molar-refractivity contribution >= 4 is 34.7 Å². The van der Waals surface area contributed by atoms with Gasteiger partial charge in [-0.3, -0.25) is 9.78 Å². The second kappa shape index (κ2) is 12.2. The molecule has 0 aliphatic carbocycles. The fourth-order valence-electron chi connectivity index (χ4n) is 5.50. The van der Waals surface area contributed by atoms with Gasteiger partial charge in [-0.25, -0.2) is 9.69 Å². The lowest BCUT2D eigenvalue weighted by atomic mass is 9.82. The Kier molecular flexibility index (Phi) is 8.67. The molecule has 1 aliphatic rings. The molecule has 0 saturated heterocycles. The van der Waals surface area contributed by atoms with Crippen LogP contribution in [0.4, 0.5) is 67.1 Å². The molecule has 0 radical (unpaired) electrons. The molecule has 0 unspecified atom stereocenters. The minimum absolute atomic E-state index is 0.0473. The highest BCUT2D eigenvalue weighted by Crippen LogP contribution is 2.54. The zero-order chi connectivity index (χ0) is 36.1. The van der Waals surface area contributed by atoms with Crippen LogP contribution in [-0.4, -0.2) is 41.1 Å². The Morgan fingerprint density at radius 2 is 1.55 bits per heavy atom. The molecule has 49 heavy (non-hydrogen) atoms.